The molecule has 2 unspecified atom stereocenters. The zero-order chi connectivity index (χ0) is 15.2. The number of aromatic nitrogens is 1. The Hall–Kier alpha value is -1.62. The lowest BCUT2D eigenvalue weighted by Gasteiger charge is -2.34. The standard InChI is InChI=1S/C16H25N3O2/c1-12-9-13(2)11-19(10-12)8-7-17-15(20)14-5-4-6-18-16(14)21-3/h4-6,12-13H,7-11H2,1-3H3,(H,17,20). The summed E-state index contributed by atoms with van der Waals surface area (Å²) in [6.45, 7) is 8.37. The number of rotatable bonds is 5. The van der Waals surface area contributed by atoms with Gasteiger partial charge in [-0.05, 0) is 30.4 Å². The maximum Gasteiger partial charge on any atom is 0.256 e. The summed E-state index contributed by atoms with van der Waals surface area (Å²) in [5.74, 6) is 1.72. The first-order valence-electron chi connectivity index (χ1n) is 7.59. The maximum absolute atomic E-state index is 12.1. The number of ether oxygens (including phenoxy) is 1. The Morgan fingerprint density at radius 3 is 2.81 bits per heavy atom. The Morgan fingerprint density at radius 1 is 1.43 bits per heavy atom. The second kappa shape index (κ2) is 7.41. The number of nitrogens with one attached hydrogen (secondary N) is 1. The summed E-state index contributed by atoms with van der Waals surface area (Å²) in [6.07, 6.45) is 2.92. The smallest absolute Gasteiger partial charge is 0.256 e. The van der Waals surface area contributed by atoms with Gasteiger partial charge in [0.15, 0.2) is 0 Å². The summed E-state index contributed by atoms with van der Waals surface area (Å²) >= 11 is 0. The number of likely N-dealkylation sites (tertiary alicyclic amines) is 1. The van der Waals surface area contributed by atoms with E-state index in [0.29, 0.717) is 18.0 Å². The fourth-order valence-electron chi connectivity index (χ4n) is 3.12. The molecule has 1 fully saturated rings. The van der Waals surface area contributed by atoms with E-state index >= 15 is 0 Å². The lowest BCUT2D eigenvalue weighted by molar-refractivity contribution is 0.0933. The van der Waals surface area contributed by atoms with Crippen molar-refractivity contribution < 1.29 is 9.53 Å². The first-order chi connectivity index (χ1) is 10.1. The third-order valence-electron chi connectivity index (χ3n) is 3.87. The van der Waals surface area contributed by atoms with E-state index in [4.69, 9.17) is 4.74 Å². The predicted octanol–water partition coefficient (Wildman–Crippen LogP) is 1.80. The first-order valence-corrected chi connectivity index (χ1v) is 7.59. The highest BCUT2D eigenvalue weighted by molar-refractivity contribution is 5.96. The van der Waals surface area contributed by atoms with Gasteiger partial charge in [0.1, 0.15) is 5.56 Å². The van der Waals surface area contributed by atoms with Gasteiger partial charge in [0.25, 0.3) is 5.91 Å². The molecule has 1 aromatic rings. The van der Waals surface area contributed by atoms with Crippen molar-refractivity contribution in [3.8, 4) is 5.88 Å². The molecule has 1 aliphatic heterocycles. The van der Waals surface area contributed by atoms with E-state index in [1.54, 1.807) is 18.3 Å². The third-order valence-corrected chi connectivity index (χ3v) is 3.87. The number of carbonyl (C=O) groups excluding carboxylic acids is 1. The number of carbonyl (C=O) groups is 1. The van der Waals surface area contributed by atoms with E-state index in [0.717, 1.165) is 31.5 Å². The molecule has 21 heavy (non-hydrogen) atoms. The van der Waals surface area contributed by atoms with E-state index < -0.39 is 0 Å². The van der Waals surface area contributed by atoms with Gasteiger partial charge < -0.3 is 15.0 Å². The molecule has 116 valence electrons. The van der Waals surface area contributed by atoms with Crippen LogP contribution in [0.25, 0.3) is 0 Å². The van der Waals surface area contributed by atoms with Gasteiger partial charge >= 0.3 is 0 Å². The minimum absolute atomic E-state index is 0.127. The lowest BCUT2D eigenvalue weighted by Crippen LogP contribution is -2.42. The van der Waals surface area contributed by atoms with E-state index in [9.17, 15) is 4.79 Å². The van der Waals surface area contributed by atoms with Crippen LogP contribution < -0.4 is 10.1 Å². The summed E-state index contributed by atoms with van der Waals surface area (Å²) in [4.78, 5) is 18.6. The highest BCUT2D eigenvalue weighted by Gasteiger charge is 2.21. The largest absolute Gasteiger partial charge is 0.480 e. The molecular formula is C16H25N3O2. The molecule has 1 N–H and O–H groups in total. The molecular weight excluding hydrogens is 266 g/mol. The number of piperidine rings is 1. The van der Waals surface area contributed by atoms with Crippen molar-refractivity contribution in [1.82, 2.24) is 15.2 Å². The monoisotopic (exact) mass is 291 g/mol. The van der Waals surface area contributed by atoms with Crippen LogP contribution in [0.2, 0.25) is 0 Å². The minimum Gasteiger partial charge on any atom is -0.480 e. The van der Waals surface area contributed by atoms with Crippen LogP contribution in [0.15, 0.2) is 18.3 Å². The van der Waals surface area contributed by atoms with Gasteiger partial charge in [-0.15, -0.1) is 0 Å². The Labute approximate surface area is 126 Å². The van der Waals surface area contributed by atoms with Crippen molar-refractivity contribution >= 4 is 5.91 Å². The maximum atomic E-state index is 12.1. The Morgan fingerprint density at radius 2 is 2.14 bits per heavy atom. The number of nitrogens with zero attached hydrogens (tertiary/aromatic N) is 2. The van der Waals surface area contributed by atoms with Crippen molar-refractivity contribution in [2.45, 2.75) is 20.3 Å². The number of methoxy groups -OCH3 is 1. The zero-order valence-electron chi connectivity index (χ0n) is 13.1. The van der Waals surface area contributed by atoms with E-state index in [1.807, 2.05) is 0 Å². The molecule has 0 bridgehead atoms. The average molecular weight is 291 g/mol. The van der Waals surface area contributed by atoms with Crippen molar-refractivity contribution in [3.63, 3.8) is 0 Å². The van der Waals surface area contributed by atoms with Crippen molar-refractivity contribution in [2.24, 2.45) is 11.8 Å². The van der Waals surface area contributed by atoms with Gasteiger partial charge in [0.2, 0.25) is 5.88 Å². The molecule has 2 heterocycles. The summed E-state index contributed by atoms with van der Waals surface area (Å²) < 4.78 is 5.11. The Bertz CT molecular complexity index is 468. The molecule has 0 saturated carbocycles. The second-order valence-corrected chi connectivity index (χ2v) is 6.02. The third kappa shape index (κ3) is 4.43. The number of pyridine rings is 1. The molecule has 2 rings (SSSR count). The first kappa shape index (κ1) is 15.8. The number of amides is 1. The van der Waals surface area contributed by atoms with Gasteiger partial charge in [-0.25, -0.2) is 4.98 Å². The highest BCUT2D eigenvalue weighted by atomic mass is 16.5. The van der Waals surface area contributed by atoms with Crippen LogP contribution in [0.3, 0.4) is 0 Å². The van der Waals surface area contributed by atoms with Crippen LogP contribution in [0.5, 0.6) is 5.88 Å². The highest BCUT2D eigenvalue weighted by Crippen LogP contribution is 2.20. The summed E-state index contributed by atoms with van der Waals surface area (Å²) in [5, 5.41) is 2.95. The van der Waals surface area contributed by atoms with Crippen LogP contribution in [0.4, 0.5) is 0 Å². The number of hydrogen-bond donors (Lipinski definition) is 1. The Balaban J connectivity index is 1.81. The van der Waals surface area contributed by atoms with Crippen molar-refractivity contribution in [1.29, 1.82) is 0 Å². The number of hydrogen-bond acceptors (Lipinski definition) is 4. The fourth-order valence-corrected chi connectivity index (χ4v) is 3.12. The molecule has 1 saturated heterocycles. The molecule has 0 aliphatic carbocycles. The second-order valence-electron chi connectivity index (χ2n) is 6.02. The molecule has 1 aliphatic rings. The summed E-state index contributed by atoms with van der Waals surface area (Å²) in [6, 6.07) is 3.47. The molecule has 5 nitrogen and oxygen atoms in total. The van der Waals surface area contributed by atoms with E-state index in [-0.39, 0.29) is 5.91 Å². The van der Waals surface area contributed by atoms with Gasteiger partial charge in [-0.1, -0.05) is 13.8 Å². The van der Waals surface area contributed by atoms with Crippen LogP contribution in [0, 0.1) is 11.8 Å². The zero-order valence-corrected chi connectivity index (χ0v) is 13.1. The summed E-state index contributed by atoms with van der Waals surface area (Å²) in [5.41, 5.74) is 0.486. The van der Waals surface area contributed by atoms with Gasteiger partial charge in [0.05, 0.1) is 7.11 Å². The van der Waals surface area contributed by atoms with Crippen LogP contribution in [0.1, 0.15) is 30.6 Å². The van der Waals surface area contributed by atoms with Crippen molar-refractivity contribution in [2.75, 3.05) is 33.3 Å². The van der Waals surface area contributed by atoms with Gasteiger partial charge in [-0.2, -0.15) is 0 Å². The fraction of sp³-hybridized carbons (Fsp3) is 0.625. The topological polar surface area (TPSA) is 54.5 Å². The molecule has 1 aromatic heterocycles. The lowest BCUT2D eigenvalue weighted by atomic mass is 9.92. The average Bonchev–Trinajstić information content (AvgIpc) is 2.46. The minimum atomic E-state index is -0.127. The predicted molar refractivity (Wildman–Crippen MR) is 82.5 cm³/mol. The Kier molecular flexibility index (Phi) is 5.56. The molecule has 0 aromatic carbocycles. The van der Waals surface area contributed by atoms with Gasteiger partial charge in [-0.3, -0.25) is 4.79 Å². The quantitative estimate of drug-likeness (QED) is 0.899. The molecule has 0 spiro atoms. The van der Waals surface area contributed by atoms with E-state index in [1.165, 1.54) is 13.5 Å². The molecule has 1 amide bonds. The molecule has 5 heteroatoms. The van der Waals surface area contributed by atoms with E-state index in [2.05, 4.69) is 29.0 Å². The van der Waals surface area contributed by atoms with Gasteiger partial charge in [0, 0.05) is 32.4 Å². The SMILES string of the molecule is COc1ncccc1C(=O)NCCN1CC(C)CC(C)C1. The summed E-state index contributed by atoms with van der Waals surface area (Å²) in [7, 11) is 1.52. The van der Waals surface area contributed by atoms with Crippen LogP contribution in [-0.2, 0) is 0 Å². The molecule has 0 radical (unpaired) electrons. The van der Waals surface area contributed by atoms with Crippen LogP contribution >= 0.6 is 0 Å². The normalized spacial score (nSPS) is 22.8. The van der Waals surface area contributed by atoms with Crippen LogP contribution in [-0.4, -0.2) is 49.1 Å². The van der Waals surface area contributed by atoms with Crippen molar-refractivity contribution in [3.05, 3.63) is 23.9 Å². The molecule has 2 atom stereocenters.